The molecule has 3 rings (SSSR count). The molecule has 0 saturated heterocycles. The molecule has 0 aliphatic heterocycles. The zero-order valence-electron chi connectivity index (χ0n) is 16.9. The first-order valence-electron chi connectivity index (χ1n) is 10.5. The molecule has 0 aromatic rings. The van der Waals surface area contributed by atoms with E-state index in [-0.39, 0.29) is 5.41 Å². The van der Waals surface area contributed by atoms with Crippen LogP contribution >= 0.6 is 0 Å². The van der Waals surface area contributed by atoms with E-state index < -0.39 is 0 Å². The van der Waals surface area contributed by atoms with Crippen molar-refractivity contribution in [1.29, 1.82) is 0 Å². The SMILES string of the molecule is COC1CCC(C2CCC(OCC3=CC(C)=CC(C)(C)C3)CC2)CC1. The molecule has 3 aliphatic carbocycles. The molecule has 0 atom stereocenters. The second-order valence-corrected chi connectivity index (χ2v) is 9.48. The van der Waals surface area contributed by atoms with Crippen molar-refractivity contribution in [3.8, 4) is 0 Å². The molecule has 25 heavy (non-hydrogen) atoms. The second kappa shape index (κ2) is 8.39. The van der Waals surface area contributed by atoms with Crippen molar-refractivity contribution in [3.63, 3.8) is 0 Å². The summed E-state index contributed by atoms with van der Waals surface area (Å²) >= 11 is 0. The summed E-state index contributed by atoms with van der Waals surface area (Å²) in [6.45, 7) is 7.70. The fourth-order valence-electron chi connectivity index (χ4n) is 5.51. The Morgan fingerprint density at radius 1 is 0.920 bits per heavy atom. The number of hydrogen-bond acceptors (Lipinski definition) is 2. The van der Waals surface area contributed by atoms with Crippen molar-refractivity contribution in [2.45, 2.75) is 90.8 Å². The Hall–Kier alpha value is -0.600. The van der Waals surface area contributed by atoms with Gasteiger partial charge in [-0.05, 0) is 87.5 Å². The number of ether oxygens (including phenoxy) is 2. The summed E-state index contributed by atoms with van der Waals surface area (Å²) in [5, 5.41) is 0. The third-order valence-corrected chi connectivity index (χ3v) is 6.68. The van der Waals surface area contributed by atoms with E-state index in [1.165, 1.54) is 62.5 Å². The molecule has 2 heteroatoms. The lowest BCUT2D eigenvalue weighted by Crippen LogP contribution is -2.30. The third kappa shape index (κ3) is 5.44. The smallest absolute Gasteiger partial charge is 0.0684 e. The highest BCUT2D eigenvalue weighted by atomic mass is 16.5. The quantitative estimate of drug-likeness (QED) is 0.601. The van der Waals surface area contributed by atoms with Gasteiger partial charge < -0.3 is 9.47 Å². The van der Waals surface area contributed by atoms with Gasteiger partial charge in [-0.3, -0.25) is 0 Å². The maximum absolute atomic E-state index is 6.32. The van der Waals surface area contributed by atoms with Crippen molar-refractivity contribution in [1.82, 2.24) is 0 Å². The van der Waals surface area contributed by atoms with Crippen LogP contribution in [0.3, 0.4) is 0 Å². The van der Waals surface area contributed by atoms with Gasteiger partial charge in [0.15, 0.2) is 0 Å². The van der Waals surface area contributed by atoms with Gasteiger partial charge in [-0.2, -0.15) is 0 Å². The molecule has 0 spiro atoms. The first-order chi connectivity index (χ1) is 11.9. The van der Waals surface area contributed by atoms with E-state index in [1.54, 1.807) is 0 Å². The van der Waals surface area contributed by atoms with E-state index >= 15 is 0 Å². The van der Waals surface area contributed by atoms with Crippen molar-refractivity contribution in [3.05, 3.63) is 23.3 Å². The van der Waals surface area contributed by atoms with Gasteiger partial charge in [-0.15, -0.1) is 0 Å². The molecule has 0 unspecified atom stereocenters. The van der Waals surface area contributed by atoms with E-state index in [0.29, 0.717) is 12.2 Å². The molecular weight excluding hydrogens is 308 g/mol. The summed E-state index contributed by atoms with van der Waals surface area (Å²) in [5.74, 6) is 1.89. The predicted octanol–water partition coefficient (Wildman–Crippen LogP) is 6.07. The van der Waals surface area contributed by atoms with E-state index in [4.69, 9.17) is 9.47 Å². The van der Waals surface area contributed by atoms with Crippen LogP contribution < -0.4 is 0 Å². The first kappa shape index (κ1) is 19.2. The molecule has 3 aliphatic rings. The summed E-state index contributed by atoms with van der Waals surface area (Å²) in [6.07, 6.45) is 17.5. The molecule has 0 aromatic heterocycles. The minimum Gasteiger partial charge on any atom is -0.381 e. The molecule has 0 aromatic carbocycles. The molecule has 0 heterocycles. The average Bonchev–Trinajstić information content (AvgIpc) is 2.59. The highest BCUT2D eigenvalue weighted by Crippen LogP contribution is 2.40. The highest BCUT2D eigenvalue weighted by Gasteiger charge is 2.31. The van der Waals surface area contributed by atoms with Gasteiger partial charge >= 0.3 is 0 Å². The van der Waals surface area contributed by atoms with E-state index in [2.05, 4.69) is 32.9 Å². The number of methoxy groups -OCH3 is 1. The first-order valence-corrected chi connectivity index (χ1v) is 10.5. The van der Waals surface area contributed by atoms with Gasteiger partial charge in [-0.1, -0.05) is 31.6 Å². The monoisotopic (exact) mass is 346 g/mol. The van der Waals surface area contributed by atoms with Crippen LogP contribution in [0, 0.1) is 17.3 Å². The van der Waals surface area contributed by atoms with Crippen molar-refractivity contribution >= 4 is 0 Å². The number of hydrogen-bond donors (Lipinski definition) is 0. The maximum Gasteiger partial charge on any atom is 0.0684 e. The average molecular weight is 347 g/mol. The lowest BCUT2D eigenvalue weighted by Gasteiger charge is -2.37. The highest BCUT2D eigenvalue weighted by molar-refractivity contribution is 5.30. The molecule has 0 bridgehead atoms. The fourth-order valence-corrected chi connectivity index (χ4v) is 5.51. The molecule has 142 valence electrons. The van der Waals surface area contributed by atoms with E-state index in [0.717, 1.165) is 24.9 Å². The largest absolute Gasteiger partial charge is 0.381 e. The number of allylic oxidation sites excluding steroid dienone is 3. The summed E-state index contributed by atoms with van der Waals surface area (Å²) in [5.41, 5.74) is 3.16. The van der Waals surface area contributed by atoms with Gasteiger partial charge in [0, 0.05) is 7.11 Å². The summed E-state index contributed by atoms with van der Waals surface area (Å²) in [7, 11) is 1.87. The Balaban J connectivity index is 1.39. The van der Waals surface area contributed by atoms with Crippen molar-refractivity contribution in [2.75, 3.05) is 13.7 Å². The standard InChI is InChI=1S/C23H38O2/c1-17-13-18(15-23(2,3)14-17)16-25-22-11-7-20(8-12-22)19-5-9-21(24-4)10-6-19/h13-14,19-22H,5-12,15-16H2,1-4H3. The van der Waals surface area contributed by atoms with Crippen LogP contribution in [-0.4, -0.2) is 25.9 Å². The Bertz CT molecular complexity index is 486. The predicted molar refractivity (Wildman–Crippen MR) is 105 cm³/mol. The molecule has 2 saturated carbocycles. The molecule has 0 N–H and O–H groups in total. The fraction of sp³-hybridized carbons (Fsp3) is 0.826. The van der Waals surface area contributed by atoms with Crippen LogP contribution in [0.5, 0.6) is 0 Å². The molecule has 0 radical (unpaired) electrons. The Labute approximate surface area is 155 Å². The Kier molecular flexibility index (Phi) is 6.44. The van der Waals surface area contributed by atoms with Gasteiger partial charge in [0.2, 0.25) is 0 Å². The topological polar surface area (TPSA) is 18.5 Å². The van der Waals surface area contributed by atoms with Crippen LogP contribution in [0.15, 0.2) is 23.3 Å². The van der Waals surface area contributed by atoms with Crippen molar-refractivity contribution in [2.24, 2.45) is 17.3 Å². The van der Waals surface area contributed by atoms with Gasteiger partial charge in [0.05, 0.1) is 18.8 Å². The number of rotatable bonds is 5. The Morgan fingerprint density at radius 2 is 1.48 bits per heavy atom. The molecule has 2 nitrogen and oxygen atoms in total. The zero-order valence-corrected chi connectivity index (χ0v) is 16.9. The summed E-state index contributed by atoms with van der Waals surface area (Å²) in [6, 6.07) is 0. The van der Waals surface area contributed by atoms with E-state index in [1.807, 2.05) is 7.11 Å². The van der Waals surface area contributed by atoms with Crippen LogP contribution in [0.1, 0.15) is 78.6 Å². The van der Waals surface area contributed by atoms with Crippen LogP contribution in [0.4, 0.5) is 0 Å². The summed E-state index contributed by atoms with van der Waals surface area (Å²) in [4.78, 5) is 0. The lowest BCUT2D eigenvalue weighted by atomic mass is 9.72. The molecule has 2 fully saturated rings. The van der Waals surface area contributed by atoms with Crippen LogP contribution in [0.25, 0.3) is 0 Å². The zero-order chi connectivity index (χ0) is 17.9. The van der Waals surface area contributed by atoms with Gasteiger partial charge in [0.1, 0.15) is 0 Å². The summed E-state index contributed by atoms with van der Waals surface area (Å²) < 4.78 is 11.8. The molecular formula is C23H38O2. The minimum atomic E-state index is 0.288. The maximum atomic E-state index is 6.32. The Morgan fingerprint density at radius 3 is 2.00 bits per heavy atom. The van der Waals surface area contributed by atoms with Crippen LogP contribution in [-0.2, 0) is 9.47 Å². The van der Waals surface area contributed by atoms with E-state index in [9.17, 15) is 0 Å². The lowest BCUT2D eigenvalue weighted by molar-refractivity contribution is 0.00563. The van der Waals surface area contributed by atoms with Crippen LogP contribution in [0.2, 0.25) is 0 Å². The molecule has 0 amide bonds. The van der Waals surface area contributed by atoms with Crippen molar-refractivity contribution < 1.29 is 9.47 Å². The normalized spacial score (nSPS) is 35.8. The minimum absolute atomic E-state index is 0.288. The van der Waals surface area contributed by atoms with Gasteiger partial charge in [-0.25, -0.2) is 0 Å². The third-order valence-electron chi connectivity index (χ3n) is 6.68. The second-order valence-electron chi connectivity index (χ2n) is 9.48. The van der Waals surface area contributed by atoms with Gasteiger partial charge in [0.25, 0.3) is 0 Å².